The average molecular weight is 290 g/mol. The molecule has 0 radical (unpaired) electrons. The summed E-state index contributed by atoms with van der Waals surface area (Å²) in [6.45, 7) is 0. The molecule has 3 nitrogen and oxygen atoms in total. The Morgan fingerprint density at radius 2 is 1.89 bits per heavy atom. The zero-order chi connectivity index (χ0) is 13.4. The lowest BCUT2D eigenvalue weighted by Crippen LogP contribution is -2.11. The van der Waals surface area contributed by atoms with E-state index in [1.54, 1.807) is 24.3 Å². The van der Waals surface area contributed by atoms with Gasteiger partial charge in [-0.3, -0.25) is 9.59 Å². The Morgan fingerprint density at radius 1 is 1.11 bits per heavy atom. The number of halogens is 1. The molecular formula is C14H8ClNO2S. The van der Waals surface area contributed by atoms with Gasteiger partial charge in [-0.25, -0.2) is 0 Å². The Bertz CT molecular complexity index is 700. The molecular weight excluding hydrogens is 282 g/mol. The summed E-state index contributed by atoms with van der Waals surface area (Å²) in [5, 5.41) is 2.32. The van der Waals surface area contributed by atoms with E-state index < -0.39 is 5.24 Å². The third kappa shape index (κ3) is 2.25. The molecule has 0 aromatic heterocycles. The Morgan fingerprint density at radius 3 is 2.68 bits per heavy atom. The maximum Gasteiger partial charge on any atom is 0.256 e. The van der Waals surface area contributed by atoms with Crippen LogP contribution in [0.1, 0.15) is 20.7 Å². The van der Waals surface area contributed by atoms with Crippen molar-refractivity contribution in [1.82, 2.24) is 0 Å². The first-order valence-corrected chi connectivity index (χ1v) is 6.77. The minimum Gasteiger partial charge on any atom is -0.321 e. The highest BCUT2D eigenvalue weighted by Crippen LogP contribution is 2.39. The quantitative estimate of drug-likeness (QED) is 0.813. The van der Waals surface area contributed by atoms with Gasteiger partial charge in [0, 0.05) is 15.4 Å². The molecule has 5 heteroatoms. The highest BCUT2D eigenvalue weighted by molar-refractivity contribution is 7.99. The van der Waals surface area contributed by atoms with Crippen LogP contribution in [0.15, 0.2) is 52.3 Å². The average Bonchev–Trinajstić information content (AvgIpc) is 2.54. The second kappa shape index (κ2) is 4.72. The summed E-state index contributed by atoms with van der Waals surface area (Å²) in [5.74, 6) is -0.146. The van der Waals surface area contributed by atoms with Crippen molar-refractivity contribution >= 4 is 40.2 Å². The fraction of sp³-hybridized carbons (Fsp3) is 0. The van der Waals surface area contributed by atoms with Gasteiger partial charge >= 0.3 is 0 Å². The highest BCUT2D eigenvalue weighted by Gasteiger charge is 2.20. The molecule has 94 valence electrons. The van der Waals surface area contributed by atoms with Crippen molar-refractivity contribution < 1.29 is 9.59 Å². The van der Waals surface area contributed by atoms with Crippen LogP contribution in [0.3, 0.4) is 0 Å². The minimum absolute atomic E-state index is 0.146. The highest BCUT2D eigenvalue weighted by atomic mass is 35.5. The van der Waals surface area contributed by atoms with Gasteiger partial charge in [0.25, 0.3) is 11.1 Å². The fourth-order valence-corrected chi connectivity index (χ4v) is 3.07. The van der Waals surface area contributed by atoms with Crippen molar-refractivity contribution in [2.75, 3.05) is 5.32 Å². The standard InChI is InChI=1S/C14H8ClNO2S/c15-13(17)8-5-6-10-12(7-8)19-11-4-2-1-3-9(11)14(18)16-10/h1-7H,(H,16,18). The van der Waals surface area contributed by atoms with Gasteiger partial charge in [0.2, 0.25) is 0 Å². The van der Waals surface area contributed by atoms with E-state index in [0.717, 1.165) is 9.79 Å². The van der Waals surface area contributed by atoms with Crippen LogP contribution in [0.2, 0.25) is 0 Å². The van der Waals surface area contributed by atoms with Gasteiger partial charge < -0.3 is 5.32 Å². The maximum atomic E-state index is 12.1. The SMILES string of the molecule is O=C(Cl)c1ccc2c(c1)Sc1ccccc1C(=O)N2. The van der Waals surface area contributed by atoms with Crippen LogP contribution in [0, 0.1) is 0 Å². The third-order valence-corrected chi connectivity index (χ3v) is 4.16. The van der Waals surface area contributed by atoms with Crippen LogP contribution in [-0.2, 0) is 0 Å². The summed E-state index contributed by atoms with van der Waals surface area (Å²) < 4.78 is 0. The lowest BCUT2D eigenvalue weighted by Gasteiger charge is -2.06. The van der Waals surface area contributed by atoms with Crippen molar-refractivity contribution in [1.29, 1.82) is 0 Å². The molecule has 3 rings (SSSR count). The zero-order valence-electron chi connectivity index (χ0n) is 9.64. The van der Waals surface area contributed by atoms with Crippen LogP contribution in [0.25, 0.3) is 0 Å². The van der Waals surface area contributed by atoms with Crippen molar-refractivity contribution in [2.45, 2.75) is 9.79 Å². The number of benzene rings is 2. The number of hydrogen-bond donors (Lipinski definition) is 1. The molecule has 19 heavy (non-hydrogen) atoms. The molecule has 0 spiro atoms. The number of anilines is 1. The van der Waals surface area contributed by atoms with Gasteiger partial charge in [-0.1, -0.05) is 23.9 Å². The topological polar surface area (TPSA) is 46.2 Å². The Kier molecular flexibility index (Phi) is 3.05. The molecule has 1 aliphatic heterocycles. The number of carbonyl (C=O) groups excluding carboxylic acids is 2. The first-order chi connectivity index (χ1) is 9.15. The van der Waals surface area contributed by atoms with E-state index in [9.17, 15) is 9.59 Å². The first-order valence-electron chi connectivity index (χ1n) is 5.57. The van der Waals surface area contributed by atoms with Gasteiger partial charge in [0.1, 0.15) is 0 Å². The number of nitrogens with one attached hydrogen (secondary N) is 1. The molecule has 0 saturated carbocycles. The molecule has 0 atom stereocenters. The maximum absolute atomic E-state index is 12.1. The van der Waals surface area contributed by atoms with E-state index in [0.29, 0.717) is 16.8 Å². The molecule has 0 aliphatic carbocycles. The largest absolute Gasteiger partial charge is 0.321 e. The smallest absolute Gasteiger partial charge is 0.256 e. The third-order valence-electron chi connectivity index (χ3n) is 2.81. The van der Waals surface area contributed by atoms with E-state index in [-0.39, 0.29) is 5.91 Å². The normalized spacial score (nSPS) is 13.0. The summed E-state index contributed by atoms with van der Waals surface area (Å²) in [7, 11) is 0. The molecule has 1 heterocycles. The van der Waals surface area contributed by atoms with Crippen molar-refractivity contribution in [3.8, 4) is 0 Å². The van der Waals surface area contributed by atoms with E-state index >= 15 is 0 Å². The van der Waals surface area contributed by atoms with Gasteiger partial charge in [-0.15, -0.1) is 0 Å². The number of carbonyl (C=O) groups is 2. The molecule has 1 aliphatic rings. The molecule has 0 unspecified atom stereocenters. The fourth-order valence-electron chi connectivity index (χ4n) is 1.88. The predicted molar refractivity (Wildman–Crippen MR) is 75.1 cm³/mol. The lowest BCUT2D eigenvalue weighted by atomic mass is 10.2. The zero-order valence-corrected chi connectivity index (χ0v) is 11.2. The van der Waals surface area contributed by atoms with Gasteiger partial charge in [-0.2, -0.15) is 0 Å². The molecule has 0 fully saturated rings. The number of fused-ring (bicyclic) bond motifs is 2. The van der Waals surface area contributed by atoms with Crippen molar-refractivity contribution in [3.05, 3.63) is 53.6 Å². The van der Waals surface area contributed by atoms with Crippen LogP contribution in [0.4, 0.5) is 5.69 Å². The molecule has 0 bridgehead atoms. The lowest BCUT2D eigenvalue weighted by molar-refractivity contribution is 0.102. The Balaban J connectivity index is 2.14. The first kappa shape index (κ1) is 12.3. The van der Waals surface area contributed by atoms with Gasteiger partial charge in [-0.05, 0) is 41.9 Å². The minimum atomic E-state index is -0.507. The van der Waals surface area contributed by atoms with Crippen molar-refractivity contribution in [2.24, 2.45) is 0 Å². The molecule has 2 aromatic carbocycles. The Labute approximate surface area is 119 Å². The number of rotatable bonds is 1. The predicted octanol–water partition coefficient (Wildman–Crippen LogP) is 3.78. The summed E-state index contributed by atoms with van der Waals surface area (Å²) >= 11 is 6.92. The van der Waals surface area contributed by atoms with Crippen LogP contribution in [-0.4, -0.2) is 11.1 Å². The Hall–Kier alpha value is -1.78. The number of amides is 1. The second-order valence-corrected chi connectivity index (χ2v) is 5.46. The molecule has 1 N–H and O–H groups in total. The van der Waals surface area contributed by atoms with E-state index in [1.165, 1.54) is 11.8 Å². The van der Waals surface area contributed by atoms with E-state index in [2.05, 4.69) is 5.32 Å². The van der Waals surface area contributed by atoms with Gasteiger partial charge in [0.15, 0.2) is 0 Å². The monoisotopic (exact) mass is 289 g/mol. The van der Waals surface area contributed by atoms with Crippen LogP contribution >= 0.6 is 23.4 Å². The summed E-state index contributed by atoms with van der Waals surface area (Å²) in [6, 6.07) is 12.3. The molecule has 1 amide bonds. The molecule has 2 aromatic rings. The summed E-state index contributed by atoms with van der Waals surface area (Å²) in [4.78, 5) is 24.9. The summed E-state index contributed by atoms with van der Waals surface area (Å²) in [6.07, 6.45) is 0. The number of hydrogen-bond acceptors (Lipinski definition) is 3. The van der Waals surface area contributed by atoms with E-state index in [1.807, 2.05) is 18.2 Å². The second-order valence-electron chi connectivity index (χ2n) is 4.04. The van der Waals surface area contributed by atoms with E-state index in [4.69, 9.17) is 11.6 Å². The van der Waals surface area contributed by atoms with Crippen molar-refractivity contribution in [3.63, 3.8) is 0 Å². The van der Waals surface area contributed by atoms with Crippen LogP contribution in [0.5, 0.6) is 0 Å². The van der Waals surface area contributed by atoms with Crippen LogP contribution < -0.4 is 5.32 Å². The van der Waals surface area contributed by atoms with Gasteiger partial charge in [0.05, 0.1) is 11.3 Å². The summed E-state index contributed by atoms with van der Waals surface area (Å²) in [5.41, 5.74) is 1.73. The molecule has 0 saturated heterocycles.